The normalized spacial score (nSPS) is 33.0. The molecule has 0 spiro atoms. The van der Waals surface area contributed by atoms with Crippen LogP contribution in [0.3, 0.4) is 0 Å². The molecule has 3 unspecified atom stereocenters. The molecule has 1 N–H and O–H groups in total. The zero-order chi connectivity index (χ0) is 18.7. The Kier molecular flexibility index (Phi) is 6.56. The van der Waals surface area contributed by atoms with Gasteiger partial charge in [0, 0.05) is 0 Å². The van der Waals surface area contributed by atoms with Crippen LogP contribution in [0.5, 0.6) is 0 Å². The second kappa shape index (κ2) is 8.10. The van der Waals surface area contributed by atoms with Gasteiger partial charge in [-0.3, -0.25) is 0 Å². The molecule has 0 aliphatic heterocycles. The first-order valence-electron chi connectivity index (χ1n) is 10.2. The van der Waals surface area contributed by atoms with Gasteiger partial charge in [0.1, 0.15) is 0 Å². The Morgan fingerprint density at radius 1 is 1.24 bits per heavy atom. The van der Waals surface area contributed by atoms with Crippen molar-refractivity contribution in [3.8, 4) is 0 Å². The fraction of sp³-hybridized carbons (Fsp3) is 0.783. The van der Waals surface area contributed by atoms with Crippen LogP contribution in [-0.2, 0) is 0 Å². The molecule has 0 saturated heterocycles. The van der Waals surface area contributed by atoms with Crippen LogP contribution in [0.1, 0.15) is 92.9 Å². The Morgan fingerprint density at radius 2 is 1.96 bits per heavy atom. The van der Waals surface area contributed by atoms with Crippen LogP contribution in [0.25, 0.3) is 0 Å². The minimum absolute atomic E-state index is 0.473. The van der Waals surface area contributed by atoms with E-state index in [9.17, 15) is 0 Å². The summed E-state index contributed by atoms with van der Waals surface area (Å²) in [4.78, 5) is 0. The number of nitrogens with zero attached hydrogens (tertiary/aromatic N) is 1. The number of oxime groups is 1. The molecule has 0 bridgehead atoms. The molecule has 2 aliphatic carbocycles. The van der Waals surface area contributed by atoms with E-state index < -0.39 is 0 Å². The summed E-state index contributed by atoms with van der Waals surface area (Å²) in [6, 6.07) is 0. The fourth-order valence-electron chi connectivity index (χ4n) is 5.75. The zero-order valence-electron chi connectivity index (χ0n) is 17.4. The molecular weight excluding hydrogens is 306 g/mol. The summed E-state index contributed by atoms with van der Waals surface area (Å²) in [5.41, 5.74) is 4.89. The predicted octanol–water partition coefficient (Wildman–Crippen LogP) is 7.14. The van der Waals surface area contributed by atoms with Crippen molar-refractivity contribution in [2.45, 2.75) is 92.9 Å². The maximum absolute atomic E-state index is 8.74. The third kappa shape index (κ3) is 4.57. The van der Waals surface area contributed by atoms with Gasteiger partial charge in [-0.25, -0.2) is 0 Å². The van der Waals surface area contributed by atoms with Gasteiger partial charge in [-0.15, -0.1) is 0 Å². The lowest BCUT2D eigenvalue weighted by Crippen LogP contribution is -2.48. The van der Waals surface area contributed by atoms with E-state index in [0.29, 0.717) is 10.8 Å². The summed E-state index contributed by atoms with van der Waals surface area (Å²) < 4.78 is 0. The first kappa shape index (κ1) is 20.3. The Bertz CT molecular complexity index is 554. The third-order valence-electron chi connectivity index (χ3n) is 7.29. The van der Waals surface area contributed by atoms with Crippen molar-refractivity contribution >= 4 is 5.71 Å². The number of allylic oxidation sites excluding steroid dienone is 4. The molecule has 25 heavy (non-hydrogen) atoms. The molecule has 1 fully saturated rings. The lowest BCUT2D eigenvalue weighted by atomic mass is 9.48. The van der Waals surface area contributed by atoms with Crippen molar-refractivity contribution in [2.75, 3.05) is 0 Å². The molecule has 0 aromatic carbocycles. The number of hydrogen-bond acceptors (Lipinski definition) is 2. The molecule has 0 aromatic heterocycles. The number of rotatable bonds is 6. The summed E-state index contributed by atoms with van der Waals surface area (Å²) in [6.07, 6.45) is 14.6. The average molecular weight is 346 g/mol. The van der Waals surface area contributed by atoms with E-state index in [2.05, 4.69) is 51.9 Å². The van der Waals surface area contributed by atoms with E-state index >= 15 is 0 Å². The maximum atomic E-state index is 8.74. The largest absolute Gasteiger partial charge is 0.411 e. The van der Waals surface area contributed by atoms with E-state index in [1.54, 1.807) is 5.57 Å². The van der Waals surface area contributed by atoms with Crippen molar-refractivity contribution in [1.29, 1.82) is 0 Å². The van der Waals surface area contributed by atoms with Gasteiger partial charge in [-0.05, 0) is 88.4 Å². The highest BCUT2D eigenvalue weighted by Gasteiger charge is 2.51. The minimum Gasteiger partial charge on any atom is -0.411 e. The van der Waals surface area contributed by atoms with Crippen molar-refractivity contribution in [3.05, 3.63) is 23.3 Å². The van der Waals surface area contributed by atoms with E-state index in [4.69, 9.17) is 5.21 Å². The van der Waals surface area contributed by atoms with Crippen LogP contribution in [0, 0.1) is 22.7 Å². The lowest BCUT2D eigenvalue weighted by molar-refractivity contribution is -0.0390. The van der Waals surface area contributed by atoms with Gasteiger partial charge in [-0.2, -0.15) is 0 Å². The lowest BCUT2D eigenvalue weighted by Gasteiger charge is -2.57. The molecule has 2 nitrogen and oxygen atoms in total. The Morgan fingerprint density at radius 3 is 2.64 bits per heavy atom. The molecule has 2 aliphatic rings. The Labute approximate surface area is 155 Å². The predicted molar refractivity (Wildman–Crippen MR) is 108 cm³/mol. The summed E-state index contributed by atoms with van der Waals surface area (Å²) in [5, 5.41) is 12.0. The Balaban J connectivity index is 2.03. The van der Waals surface area contributed by atoms with E-state index in [-0.39, 0.29) is 0 Å². The molecule has 0 heterocycles. The third-order valence-corrected chi connectivity index (χ3v) is 7.29. The van der Waals surface area contributed by atoms with E-state index in [0.717, 1.165) is 30.4 Å². The average Bonchev–Trinajstić information content (AvgIpc) is 2.53. The molecule has 2 rings (SSSR count). The monoisotopic (exact) mass is 345 g/mol. The highest BCUT2D eigenvalue weighted by Crippen LogP contribution is 2.60. The molecule has 2 heteroatoms. The first-order chi connectivity index (χ1) is 11.7. The van der Waals surface area contributed by atoms with E-state index in [1.165, 1.54) is 44.1 Å². The molecule has 3 atom stereocenters. The molecule has 0 aromatic rings. The summed E-state index contributed by atoms with van der Waals surface area (Å²) in [5.74, 6) is 1.56. The standard InChI is InChI=1S/C23H39NO/c1-17(9-7-10-19(3)24-25)11-13-20-18(2)12-14-21-22(4,5)15-8-16-23(20,21)6/h9,12,20-21,25H,7-8,10-11,13-16H2,1-6H3/b17-9+,24-19+. The van der Waals surface area contributed by atoms with Gasteiger partial charge in [-0.1, -0.05) is 55.6 Å². The van der Waals surface area contributed by atoms with Gasteiger partial charge in [0.2, 0.25) is 0 Å². The van der Waals surface area contributed by atoms with Crippen molar-refractivity contribution in [3.63, 3.8) is 0 Å². The molecular formula is C23H39NO. The van der Waals surface area contributed by atoms with Crippen LogP contribution >= 0.6 is 0 Å². The van der Waals surface area contributed by atoms with Crippen molar-refractivity contribution < 1.29 is 5.21 Å². The van der Waals surface area contributed by atoms with Gasteiger partial charge < -0.3 is 5.21 Å². The quantitative estimate of drug-likeness (QED) is 0.236. The molecule has 1 saturated carbocycles. The molecule has 0 amide bonds. The van der Waals surface area contributed by atoms with Crippen LogP contribution in [0.15, 0.2) is 28.5 Å². The SMILES string of the molecule is CC1=CCC2C(C)(C)CCCC2(C)C1CC/C(C)=C/CC/C(C)=N/O. The van der Waals surface area contributed by atoms with Gasteiger partial charge in [0.05, 0.1) is 5.71 Å². The van der Waals surface area contributed by atoms with E-state index in [1.807, 2.05) is 6.92 Å². The minimum atomic E-state index is 0.473. The van der Waals surface area contributed by atoms with Crippen molar-refractivity contribution in [2.24, 2.45) is 27.8 Å². The number of hydrogen-bond donors (Lipinski definition) is 1. The smallest absolute Gasteiger partial charge is 0.0543 e. The molecule has 0 radical (unpaired) electrons. The summed E-state index contributed by atoms with van der Waals surface area (Å²) in [7, 11) is 0. The zero-order valence-corrected chi connectivity index (χ0v) is 17.4. The topological polar surface area (TPSA) is 32.6 Å². The Hall–Kier alpha value is -1.05. The highest BCUT2D eigenvalue weighted by atomic mass is 16.4. The maximum Gasteiger partial charge on any atom is 0.0543 e. The van der Waals surface area contributed by atoms with Crippen LogP contribution < -0.4 is 0 Å². The van der Waals surface area contributed by atoms with Crippen LogP contribution in [0.4, 0.5) is 0 Å². The van der Waals surface area contributed by atoms with Crippen molar-refractivity contribution in [1.82, 2.24) is 0 Å². The van der Waals surface area contributed by atoms with Gasteiger partial charge >= 0.3 is 0 Å². The summed E-state index contributed by atoms with van der Waals surface area (Å²) in [6.45, 7) is 14.1. The van der Waals surface area contributed by atoms with Gasteiger partial charge in [0.15, 0.2) is 0 Å². The highest BCUT2D eigenvalue weighted by molar-refractivity contribution is 5.81. The fourth-order valence-corrected chi connectivity index (χ4v) is 5.75. The molecule has 142 valence electrons. The van der Waals surface area contributed by atoms with Crippen LogP contribution in [0.2, 0.25) is 0 Å². The first-order valence-corrected chi connectivity index (χ1v) is 10.2. The van der Waals surface area contributed by atoms with Gasteiger partial charge in [0.25, 0.3) is 0 Å². The second-order valence-corrected chi connectivity index (χ2v) is 9.60. The number of fused-ring (bicyclic) bond motifs is 1. The summed E-state index contributed by atoms with van der Waals surface area (Å²) >= 11 is 0. The van der Waals surface area contributed by atoms with Crippen LogP contribution in [-0.4, -0.2) is 10.9 Å². The second-order valence-electron chi connectivity index (χ2n) is 9.60.